The van der Waals surface area contributed by atoms with Crippen LogP contribution in [0.5, 0.6) is 0 Å². The molecule has 3 fully saturated rings. The average Bonchev–Trinajstić information content (AvgIpc) is 2.76. The molecule has 3 rings (SSSR count). The van der Waals surface area contributed by atoms with E-state index in [9.17, 15) is 14.4 Å². The molecule has 3 aliphatic rings. The third-order valence-corrected chi connectivity index (χ3v) is 5.64. The Kier molecular flexibility index (Phi) is 4.60. The number of esters is 1. The van der Waals surface area contributed by atoms with Crippen molar-refractivity contribution in [3.8, 4) is 0 Å². The fourth-order valence-electron chi connectivity index (χ4n) is 4.17. The molecular weight excluding hydrogens is 296 g/mol. The minimum atomic E-state index is -0.805. The number of ether oxygens (including phenoxy) is 1. The van der Waals surface area contributed by atoms with Crippen molar-refractivity contribution in [1.82, 2.24) is 10.2 Å². The number of nitrogens with one attached hydrogen (secondary N) is 1. The van der Waals surface area contributed by atoms with Gasteiger partial charge in [0.15, 0.2) is 0 Å². The summed E-state index contributed by atoms with van der Waals surface area (Å²) in [4.78, 5) is 38.1. The van der Waals surface area contributed by atoms with Crippen molar-refractivity contribution in [2.75, 3.05) is 6.54 Å². The molecule has 1 N–H and O–H groups in total. The van der Waals surface area contributed by atoms with Gasteiger partial charge in [0, 0.05) is 0 Å². The molecule has 2 saturated carbocycles. The third-order valence-electron chi connectivity index (χ3n) is 5.64. The number of nitrogens with zero attached hydrogens (tertiary/aromatic N) is 1. The molecule has 0 bridgehead atoms. The first-order valence-electron chi connectivity index (χ1n) is 8.86. The first-order chi connectivity index (χ1) is 11.0. The van der Waals surface area contributed by atoms with E-state index in [1.165, 1.54) is 6.42 Å². The zero-order valence-corrected chi connectivity index (χ0v) is 13.8. The molecule has 23 heavy (non-hydrogen) atoms. The van der Waals surface area contributed by atoms with Gasteiger partial charge < -0.3 is 10.1 Å². The standard InChI is InChI=1S/C17H26N2O4/c1-12-7-5-6-10-17(12)15(21)19(16(22)18-17)11-14(20)23-13-8-3-2-4-9-13/h12-13H,2-11H2,1H3,(H,18,22). The molecule has 1 spiro atoms. The molecule has 1 aliphatic heterocycles. The Bertz CT molecular complexity index is 501. The van der Waals surface area contributed by atoms with Gasteiger partial charge in [-0.25, -0.2) is 4.79 Å². The fourth-order valence-corrected chi connectivity index (χ4v) is 4.17. The van der Waals surface area contributed by atoms with Crippen LogP contribution in [-0.4, -0.2) is 41.0 Å². The maximum absolute atomic E-state index is 12.8. The second-order valence-corrected chi connectivity index (χ2v) is 7.19. The molecule has 2 unspecified atom stereocenters. The lowest BCUT2D eigenvalue weighted by Crippen LogP contribution is -2.54. The molecule has 128 valence electrons. The summed E-state index contributed by atoms with van der Waals surface area (Å²) in [6.45, 7) is 1.73. The van der Waals surface area contributed by atoms with E-state index in [1.807, 2.05) is 6.92 Å². The second-order valence-electron chi connectivity index (χ2n) is 7.19. The summed E-state index contributed by atoms with van der Waals surface area (Å²) < 4.78 is 5.44. The van der Waals surface area contributed by atoms with Crippen LogP contribution in [0.25, 0.3) is 0 Å². The summed E-state index contributed by atoms with van der Waals surface area (Å²) in [5, 5.41) is 2.86. The predicted octanol–water partition coefficient (Wildman–Crippen LogP) is 2.36. The summed E-state index contributed by atoms with van der Waals surface area (Å²) in [5.41, 5.74) is -0.805. The normalized spacial score (nSPS) is 32.2. The molecule has 2 aliphatic carbocycles. The van der Waals surface area contributed by atoms with Crippen molar-refractivity contribution in [3.05, 3.63) is 0 Å². The van der Waals surface area contributed by atoms with E-state index in [1.54, 1.807) is 0 Å². The zero-order chi connectivity index (χ0) is 16.4. The summed E-state index contributed by atoms with van der Waals surface area (Å²) in [6, 6.07) is -0.454. The molecule has 0 aromatic heterocycles. The number of amides is 3. The Hall–Kier alpha value is -1.59. The van der Waals surface area contributed by atoms with E-state index in [-0.39, 0.29) is 24.5 Å². The van der Waals surface area contributed by atoms with Crippen LogP contribution in [0.2, 0.25) is 0 Å². The molecule has 1 heterocycles. The van der Waals surface area contributed by atoms with Gasteiger partial charge in [0.25, 0.3) is 5.91 Å². The second kappa shape index (κ2) is 6.49. The fraction of sp³-hybridized carbons (Fsp3) is 0.824. The number of hydrogen-bond acceptors (Lipinski definition) is 4. The SMILES string of the molecule is CC1CCCCC12NC(=O)N(CC(=O)OC1CCCCC1)C2=O. The van der Waals surface area contributed by atoms with Gasteiger partial charge >= 0.3 is 12.0 Å². The monoisotopic (exact) mass is 322 g/mol. The van der Waals surface area contributed by atoms with Crippen molar-refractivity contribution < 1.29 is 19.1 Å². The maximum atomic E-state index is 12.8. The minimum absolute atomic E-state index is 0.0559. The lowest BCUT2D eigenvalue weighted by atomic mass is 9.73. The van der Waals surface area contributed by atoms with Crippen LogP contribution in [0, 0.1) is 5.92 Å². The number of imide groups is 1. The summed E-state index contributed by atoms with van der Waals surface area (Å²) >= 11 is 0. The highest BCUT2D eigenvalue weighted by Gasteiger charge is 2.55. The molecule has 2 atom stereocenters. The lowest BCUT2D eigenvalue weighted by molar-refractivity contribution is -0.154. The van der Waals surface area contributed by atoms with Gasteiger partial charge in [0.2, 0.25) is 0 Å². The van der Waals surface area contributed by atoms with Crippen LogP contribution >= 0.6 is 0 Å². The van der Waals surface area contributed by atoms with Crippen LogP contribution < -0.4 is 5.32 Å². The molecule has 6 heteroatoms. The van der Waals surface area contributed by atoms with Gasteiger partial charge in [-0.2, -0.15) is 0 Å². The summed E-state index contributed by atoms with van der Waals surface area (Å²) in [5.74, 6) is -0.622. The van der Waals surface area contributed by atoms with Crippen LogP contribution in [-0.2, 0) is 14.3 Å². The van der Waals surface area contributed by atoms with Crippen molar-refractivity contribution in [3.63, 3.8) is 0 Å². The molecule has 3 amide bonds. The van der Waals surface area contributed by atoms with Gasteiger partial charge in [0.1, 0.15) is 18.2 Å². The molecular formula is C17H26N2O4. The molecule has 0 radical (unpaired) electrons. The Morgan fingerprint density at radius 3 is 2.57 bits per heavy atom. The first-order valence-corrected chi connectivity index (χ1v) is 8.86. The zero-order valence-electron chi connectivity index (χ0n) is 13.8. The smallest absolute Gasteiger partial charge is 0.326 e. The van der Waals surface area contributed by atoms with Crippen LogP contribution in [0.15, 0.2) is 0 Å². The Balaban J connectivity index is 1.62. The summed E-state index contributed by atoms with van der Waals surface area (Å²) in [6.07, 6.45) is 8.62. The summed E-state index contributed by atoms with van der Waals surface area (Å²) in [7, 11) is 0. The van der Waals surface area contributed by atoms with Gasteiger partial charge in [-0.3, -0.25) is 14.5 Å². The van der Waals surface area contributed by atoms with Gasteiger partial charge in [-0.15, -0.1) is 0 Å². The number of urea groups is 1. The van der Waals surface area contributed by atoms with Crippen LogP contribution in [0.3, 0.4) is 0 Å². The quantitative estimate of drug-likeness (QED) is 0.639. The average molecular weight is 322 g/mol. The lowest BCUT2D eigenvalue weighted by Gasteiger charge is -2.36. The Labute approximate surface area is 136 Å². The number of carbonyl (C=O) groups excluding carboxylic acids is 3. The van der Waals surface area contributed by atoms with Crippen molar-refractivity contribution in [1.29, 1.82) is 0 Å². The van der Waals surface area contributed by atoms with Crippen molar-refractivity contribution in [2.45, 2.75) is 76.4 Å². The van der Waals surface area contributed by atoms with Gasteiger partial charge in [0.05, 0.1) is 0 Å². The van der Waals surface area contributed by atoms with Crippen LogP contribution in [0.4, 0.5) is 4.79 Å². The maximum Gasteiger partial charge on any atom is 0.326 e. The Morgan fingerprint density at radius 2 is 1.87 bits per heavy atom. The third kappa shape index (κ3) is 3.08. The topological polar surface area (TPSA) is 75.7 Å². The van der Waals surface area contributed by atoms with Gasteiger partial charge in [-0.1, -0.05) is 26.2 Å². The first kappa shape index (κ1) is 16.3. The highest BCUT2D eigenvalue weighted by molar-refractivity contribution is 6.08. The van der Waals surface area contributed by atoms with E-state index in [4.69, 9.17) is 4.74 Å². The van der Waals surface area contributed by atoms with Gasteiger partial charge in [-0.05, 0) is 44.4 Å². The minimum Gasteiger partial charge on any atom is -0.461 e. The highest BCUT2D eigenvalue weighted by atomic mass is 16.5. The molecule has 0 aromatic carbocycles. The predicted molar refractivity (Wildman–Crippen MR) is 83.6 cm³/mol. The van der Waals surface area contributed by atoms with E-state index in [2.05, 4.69) is 5.32 Å². The van der Waals surface area contributed by atoms with Crippen molar-refractivity contribution in [2.24, 2.45) is 5.92 Å². The van der Waals surface area contributed by atoms with E-state index < -0.39 is 17.5 Å². The highest BCUT2D eigenvalue weighted by Crippen LogP contribution is 2.38. The van der Waals surface area contributed by atoms with Crippen LogP contribution in [0.1, 0.15) is 64.7 Å². The largest absolute Gasteiger partial charge is 0.461 e. The Morgan fingerprint density at radius 1 is 1.17 bits per heavy atom. The van der Waals surface area contributed by atoms with Crippen molar-refractivity contribution >= 4 is 17.9 Å². The number of rotatable bonds is 3. The number of carbonyl (C=O) groups is 3. The molecule has 0 aromatic rings. The van der Waals surface area contributed by atoms with E-state index in [0.29, 0.717) is 6.42 Å². The number of hydrogen-bond donors (Lipinski definition) is 1. The molecule has 6 nitrogen and oxygen atoms in total. The van der Waals surface area contributed by atoms with E-state index in [0.717, 1.165) is 49.8 Å². The van der Waals surface area contributed by atoms with E-state index >= 15 is 0 Å². The molecule has 1 saturated heterocycles.